The summed E-state index contributed by atoms with van der Waals surface area (Å²) in [6, 6.07) is 0. The Morgan fingerprint density at radius 3 is 1.86 bits per heavy atom. The zero-order chi connectivity index (χ0) is 21.4. The summed E-state index contributed by atoms with van der Waals surface area (Å²) in [5, 5.41) is 5.91. The quantitative estimate of drug-likeness (QED) is 0.235. The predicted octanol–water partition coefficient (Wildman–Crippen LogP) is 1.10. The van der Waals surface area contributed by atoms with E-state index in [2.05, 4.69) is 24.5 Å². The summed E-state index contributed by atoms with van der Waals surface area (Å²) in [4.78, 5) is 11.6. The van der Waals surface area contributed by atoms with Crippen LogP contribution in [-0.2, 0) is 33.2 Å². The van der Waals surface area contributed by atoms with Crippen LogP contribution < -0.4 is 10.6 Å². The molecule has 1 unspecified atom stereocenters. The van der Waals surface area contributed by atoms with Crippen LogP contribution in [0.5, 0.6) is 0 Å². The first-order valence-corrected chi connectivity index (χ1v) is 10.7. The first kappa shape index (κ1) is 28.2. The van der Waals surface area contributed by atoms with Crippen molar-refractivity contribution in [1.29, 1.82) is 0 Å². The molecule has 0 heterocycles. The van der Waals surface area contributed by atoms with Gasteiger partial charge in [0.15, 0.2) is 0 Å². The lowest BCUT2D eigenvalue weighted by Gasteiger charge is -2.11. The minimum Gasteiger partial charge on any atom is -0.378 e. The molecule has 9 heteroatoms. The number of carbonyl (C=O) groups is 1. The summed E-state index contributed by atoms with van der Waals surface area (Å²) in [6.45, 7) is 13.6. The van der Waals surface area contributed by atoms with E-state index in [0.29, 0.717) is 72.6 Å². The molecule has 0 aliphatic heterocycles. The lowest BCUT2D eigenvalue weighted by molar-refractivity contribution is -0.126. The molecule has 1 amide bonds. The number of nitrogens with one attached hydrogen (secondary N) is 2. The van der Waals surface area contributed by atoms with Crippen LogP contribution in [-0.4, -0.2) is 104 Å². The maximum absolute atomic E-state index is 11.6. The van der Waals surface area contributed by atoms with E-state index in [9.17, 15) is 4.79 Å². The van der Waals surface area contributed by atoms with Crippen molar-refractivity contribution >= 4 is 5.91 Å². The molecule has 0 rings (SSSR count). The van der Waals surface area contributed by atoms with E-state index in [-0.39, 0.29) is 21.5 Å². The Bertz CT molecular complexity index is 359. The number of ether oxygens (including phenoxy) is 6. The van der Waals surface area contributed by atoms with Crippen LogP contribution in [0.2, 0.25) is 0 Å². The van der Waals surface area contributed by atoms with Gasteiger partial charge >= 0.3 is 0 Å². The van der Waals surface area contributed by atoms with E-state index in [0.717, 1.165) is 19.5 Å². The molecule has 0 aromatic carbocycles. The van der Waals surface area contributed by atoms with Crippen molar-refractivity contribution in [2.75, 3.05) is 92.3 Å². The van der Waals surface area contributed by atoms with E-state index in [1.54, 1.807) is 0 Å². The van der Waals surface area contributed by atoms with Crippen LogP contribution in [0, 0.1) is 0 Å². The molecular formula is C20H46N2O7. The Morgan fingerprint density at radius 1 is 0.759 bits per heavy atom. The Kier molecular flexibility index (Phi) is 22.8. The number of likely N-dealkylation sites (N-methyl/N-ethyl adjacent to an activating group) is 1. The molecule has 0 spiro atoms. The molecule has 2 N–H and O–H groups in total. The summed E-state index contributed by atoms with van der Waals surface area (Å²) >= 11 is 0. The van der Waals surface area contributed by atoms with Crippen molar-refractivity contribution in [3.05, 3.63) is 0 Å². The standard InChI is InChI=1S/C20H42N2O7.2H2/c1-4-19(3)29-17-16-27-13-12-26-14-15-28-18-20(23)22-7-9-25-11-10-24-8-6-21-5-2;;/h19,21H,4-18H2,1-3H3,(H,22,23);2*1H. The molecule has 0 saturated carbocycles. The summed E-state index contributed by atoms with van der Waals surface area (Å²) in [5.74, 6) is -0.167. The van der Waals surface area contributed by atoms with E-state index >= 15 is 0 Å². The van der Waals surface area contributed by atoms with E-state index in [1.807, 2.05) is 6.92 Å². The number of hydrogen-bond donors (Lipinski definition) is 2. The molecule has 29 heavy (non-hydrogen) atoms. The third kappa shape index (κ3) is 23.3. The average molecular weight is 427 g/mol. The lowest BCUT2D eigenvalue weighted by Crippen LogP contribution is -2.31. The van der Waals surface area contributed by atoms with E-state index in [4.69, 9.17) is 28.4 Å². The highest BCUT2D eigenvalue weighted by Crippen LogP contribution is 1.94. The zero-order valence-electron chi connectivity index (χ0n) is 18.5. The number of hydrogen-bond acceptors (Lipinski definition) is 8. The fraction of sp³-hybridized carbons (Fsp3) is 0.950. The second-order valence-electron chi connectivity index (χ2n) is 6.30. The molecule has 0 aromatic heterocycles. The van der Waals surface area contributed by atoms with Gasteiger partial charge < -0.3 is 39.1 Å². The normalized spacial score (nSPS) is 12.2. The molecular weight excluding hydrogens is 380 g/mol. The highest BCUT2D eigenvalue weighted by Gasteiger charge is 2.01. The molecule has 0 aliphatic carbocycles. The topological polar surface area (TPSA) is 96.5 Å². The maximum Gasteiger partial charge on any atom is 0.246 e. The van der Waals surface area contributed by atoms with Crippen LogP contribution in [0.3, 0.4) is 0 Å². The van der Waals surface area contributed by atoms with Gasteiger partial charge in [-0.2, -0.15) is 0 Å². The fourth-order valence-electron chi connectivity index (χ4n) is 1.99. The molecule has 0 radical (unpaired) electrons. The molecule has 0 aromatic rings. The van der Waals surface area contributed by atoms with Crippen LogP contribution in [0.1, 0.15) is 30.0 Å². The second kappa shape index (κ2) is 23.5. The van der Waals surface area contributed by atoms with Gasteiger partial charge in [-0.3, -0.25) is 4.79 Å². The zero-order valence-corrected chi connectivity index (χ0v) is 18.5. The van der Waals surface area contributed by atoms with E-state index < -0.39 is 0 Å². The Balaban J connectivity index is -0.00000392. The van der Waals surface area contributed by atoms with E-state index in [1.165, 1.54) is 0 Å². The Labute approximate surface area is 179 Å². The molecule has 0 bridgehead atoms. The third-order valence-electron chi connectivity index (χ3n) is 3.80. The molecule has 0 aliphatic rings. The van der Waals surface area contributed by atoms with Crippen LogP contribution in [0.25, 0.3) is 0 Å². The van der Waals surface area contributed by atoms with Gasteiger partial charge in [0, 0.05) is 15.9 Å². The van der Waals surface area contributed by atoms with Crippen molar-refractivity contribution in [3.8, 4) is 0 Å². The lowest BCUT2D eigenvalue weighted by atomic mass is 10.3. The monoisotopic (exact) mass is 426 g/mol. The first-order chi connectivity index (χ1) is 14.2. The van der Waals surface area contributed by atoms with Gasteiger partial charge in [-0.05, 0) is 19.9 Å². The maximum atomic E-state index is 11.6. The van der Waals surface area contributed by atoms with Gasteiger partial charge in [0.2, 0.25) is 5.91 Å². The number of carbonyl (C=O) groups excluding carboxylic acids is 1. The van der Waals surface area contributed by atoms with Crippen LogP contribution >= 0.6 is 0 Å². The van der Waals surface area contributed by atoms with Crippen molar-refractivity contribution in [2.45, 2.75) is 33.3 Å². The minimum absolute atomic E-state index is 0. The number of amides is 1. The van der Waals surface area contributed by atoms with Gasteiger partial charge in [0.1, 0.15) is 6.61 Å². The van der Waals surface area contributed by atoms with Crippen molar-refractivity contribution in [2.24, 2.45) is 0 Å². The SMILES string of the molecule is CCNCCOCCOCCNC(=O)COCCOCCOCCOC(C)CC.[HH].[HH]. The van der Waals surface area contributed by atoms with Crippen LogP contribution in [0.4, 0.5) is 0 Å². The Hall–Kier alpha value is -0.810. The number of rotatable bonds is 23. The average Bonchev–Trinajstić information content (AvgIpc) is 2.73. The molecule has 9 nitrogen and oxygen atoms in total. The van der Waals surface area contributed by atoms with Gasteiger partial charge in [0.25, 0.3) is 0 Å². The fourth-order valence-corrected chi connectivity index (χ4v) is 1.99. The van der Waals surface area contributed by atoms with Gasteiger partial charge in [-0.15, -0.1) is 0 Å². The molecule has 0 saturated heterocycles. The second-order valence-corrected chi connectivity index (χ2v) is 6.30. The van der Waals surface area contributed by atoms with Crippen molar-refractivity contribution in [3.63, 3.8) is 0 Å². The van der Waals surface area contributed by atoms with Gasteiger partial charge in [-0.1, -0.05) is 13.8 Å². The highest BCUT2D eigenvalue weighted by molar-refractivity contribution is 5.77. The van der Waals surface area contributed by atoms with Crippen LogP contribution in [0.15, 0.2) is 0 Å². The summed E-state index contributed by atoms with van der Waals surface area (Å²) in [6.07, 6.45) is 1.27. The van der Waals surface area contributed by atoms with Crippen molar-refractivity contribution in [1.82, 2.24) is 10.6 Å². The smallest absolute Gasteiger partial charge is 0.246 e. The largest absolute Gasteiger partial charge is 0.378 e. The molecule has 178 valence electrons. The summed E-state index contributed by atoms with van der Waals surface area (Å²) in [5.41, 5.74) is 0. The van der Waals surface area contributed by atoms with Gasteiger partial charge in [-0.25, -0.2) is 0 Å². The molecule has 1 atom stereocenters. The van der Waals surface area contributed by atoms with Gasteiger partial charge in [0.05, 0.1) is 72.2 Å². The summed E-state index contributed by atoms with van der Waals surface area (Å²) < 4.78 is 32.3. The highest BCUT2D eigenvalue weighted by atomic mass is 16.6. The minimum atomic E-state index is -0.167. The molecule has 0 fully saturated rings. The summed E-state index contributed by atoms with van der Waals surface area (Å²) in [7, 11) is 0. The first-order valence-electron chi connectivity index (χ1n) is 10.7. The predicted molar refractivity (Wildman–Crippen MR) is 116 cm³/mol. The Morgan fingerprint density at radius 2 is 1.28 bits per heavy atom. The third-order valence-corrected chi connectivity index (χ3v) is 3.80. The van der Waals surface area contributed by atoms with Crippen molar-refractivity contribution < 1.29 is 36.1 Å².